The number of amides is 2. The van der Waals surface area contributed by atoms with Crippen LogP contribution in [0, 0.1) is 17.8 Å². The summed E-state index contributed by atoms with van der Waals surface area (Å²) in [5, 5.41) is 59.6. The Morgan fingerprint density at radius 2 is 1.79 bits per heavy atom. The van der Waals surface area contributed by atoms with Gasteiger partial charge in [0.15, 0.2) is 12.1 Å². The van der Waals surface area contributed by atoms with Gasteiger partial charge in [-0.25, -0.2) is 0 Å². The zero-order chi connectivity index (χ0) is 31.6. The molecule has 3 saturated heterocycles. The summed E-state index contributed by atoms with van der Waals surface area (Å²) in [6.07, 6.45) is -6.03. The third-order valence-electron chi connectivity index (χ3n) is 8.38. The summed E-state index contributed by atoms with van der Waals surface area (Å²) < 4.78 is 17.9. The minimum absolute atomic E-state index is 0.0907. The molecular weight excluding hydrogens is 552 g/mol. The van der Waals surface area contributed by atoms with Crippen LogP contribution in [0.4, 0.5) is 0 Å². The highest BCUT2D eigenvalue weighted by Crippen LogP contribution is 2.38. The molecule has 0 radical (unpaired) electrons. The number of carbonyl (C=O) groups is 2. The molecule has 3 aliphatic heterocycles. The van der Waals surface area contributed by atoms with Crippen LogP contribution in [0.25, 0.3) is 0 Å². The highest BCUT2D eigenvalue weighted by molar-refractivity contribution is 5.93. The number of carbonyl (C=O) groups excluding carboxylic acids is 2. The summed E-state index contributed by atoms with van der Waals surface area (Å²) >= 11 is 0. The second-order valence-corrected chi connectivity index (χ2v) is 12.8. The van der Waals surface area contributed by atoms with Crippen LogP contribution in [0.2, 0.25) is 0 Å². The molecule has 11 N–H and O–H groups in total. The molecule has 14 nitrogen and oxygen atoms in total. The predicted molar refractivity (Wildman–Crippen MR) is 150 cm³/mol. The first-order valence-corrected chi connectivity index (χ1v) is 14.7. The fourth-order valence-electron chi connectivity index (χ4n) is 5.46. The first-order valence-electron chi connectivity index (χ1n) is 14.7. The van der Waals surface area contributed by atoms with Crippen LogP contribution in [-0.4, -0.2) is 117 Å². The summed E-state index contributed by atoms with van der Waals surface area (Å²) in [6.45, 7) is 9.26. The molecule has 3 rings (SSSR count). The van der Waals surface area contributed by atoms with Gasteiger partial charge in [-0.1, -0.05) is 39.8 Å². The van der Waals surface area contributed by atoms with Crippen molar-refractivity contribution in [1.29, 1.82) is 0 Å². The number of rotatable bonds is 12. The van der Waals surface area contributed by atoms with Crippen molar-refractivity contribution in [2.45, 2.75) is 120 Å². The van der Waals surface area contributed by atoms with E-state index in [1.54, 1.807) is 26.8 Å². The molecule has 0 bridgehead atoms. The summed E-state index contributed by atoms with van der Waals surface area (Å²) in [7, 11) is 0. The van der Waals surface area contributed by atoms with Crippen molar-refractivity contribution >= 4 is 11.8 Å². The Balaban J connectivity index is 1.92. The average Bonchev–Trinajstić information content (AvgIpc) is 2.85. The van der Waals surface area contributed by atoms with E-state index < -0.39 is 84.1 Å². The lowest BCUT2D eigenvalue weighted by Gasteiger charge is -2.47. The lowest BCUT2D eigenvalue weighted by atomic mass is 9.80. The summed E-state index contributed by atoms with van der Waals surface area (Å²) in [4.78, 5) is 25.7. The fraction of sp³-hybridized carbons (Fsp3) is 0.857. The van der Waals surface area contributed by atoms with Gasteiger partial charge in [-0.15, -0.1) is 0 Å². The largest absolute Gasteiger partial charge is 0.393 e. The zero-order valence-corrected chi connectivity index (χ0v) is 25.1. The van der Waals surface area contributed by atoms with E-state index >= 15 is 0 Å². The van der Waals surface area contributed by atoms with Gasteiger partial charge < -0.3 is 61.8 Å². The lowest BCUT2D eigenvalue weighted by molar-refractivity contribution is -0.307. The molecular formula is C28H50N4O10. The molecule has 0 spiro atoms. The first-order chi connectivity index (χ1) is 19.5. The van der Waals surface area contributed by atoms with E-state index in [4.69, 9.17) is 25.7 Å². The highest BCUT2D eigenvalue weighted by atomic mass is 16.7. The number of primary amides is 1. The standard InChI is InChI=1S/C28H50N4O10/c1-13(2)6-7-16(41-25-23(36)21(29)22(35)15(5)40-25)8-19-20(24(37)32-27(26(30)38)11-31-12-27)18(34)10-28(39,42-19)9-17(33)14(3)4/h6-7,13-23,25,31,33-36,39H,8-12,29H2,1-5H3,(H2,30,38)(H,32,37)/b7-6+/t15?,16-,17+,18-,19-,20+,21?,22?,23?,25?,28+/m0/s1. The third-order valence-corrected chi connectivity index (χ3v) is 8.38. The minimum atomic E-state index is -1.97. The van der Waals surface area contributed by atoms with Crippen molar-refractivity contribution in [2.75, 3.05) is 13.1 Å². The van der Waals surface area contributed by atoms with Gasteiger partial charge in [0.05, 0.1) is 48.6 Å². The molecule has 0 aliphatic carbocycles. The van der Waals surface area contributed by atoms with Crippen LogP contribution < -0.4 is 22.1 Å². The zero-order valence-electron chi connectivity index (χ0n) is 25.1. The van der Waals surface area contributed by atoms with Crippen LogP contribution in [0.5, 0.6) is 0 Å². The summed E-state index contributed by atoms with van der Waals surface area (Å²) in [6, 6.07) is -1.04. The topological polar surface area (TPSA) is 239 Å². The van der Waals surface area contributed by atoms with Gasteiger partial charge in [-0.05, 0) is 18.8 Å². The summed E-state index contributed by atoms with van der Waals surface area (Å²) in [5.74, 6) is -4.78. The number of nitrogens with two attached hydrogens (primary N) is 2. The summed E-state index contributed by atoms with van der Waals surface area (Å²) in [5.41, 5.74) is 10.2. The monoisotopic (exact) mass is 602 g/mol. The number of hydrogen-bond acceptors (Lipinski definition) is 12. The van der Waals surface area contributed by atoms with Gasteiger partial charge in [0.2, 0.25) is 11.8 Å². The number of allylic oxidation sites excluding steroid dienone is 1. The molecule has 0 aromatic rings. The number of aliphatic hydroxyl groups excluding tert-OH is 4. The van der Waals surface area contributed by atoms with Crippen LogP contribution in [0.3, 0.4) is 0 Å². The van der Waals surface area contributed by atoms with Gasteiger partial charge in [0, 0.05) is 32.4 Å². The predicted octanol–water partition coefficient (Wildman–Crippen LogP) is -2.43. The third kappa shape index (κ3) is 8.05. The van der Waals surface area contributed by atoms with Crippen molar-refractivity contribution in [2.24, 2.45) is 29.2 Å². The minimum Gasteiger partial charge on any atom is -0.393 e. The van der Waals surface area contributed by atoms with Gasteiger partial charge in [0.25, 0.3) is 0 Å². The van der Waals surface area contributed by atoms with Gasteiger partial charge >= 0.3 is 0 Å². The van der Waals surface area contributed by atoms with Crippen molar-refractivity contribution in [3.8, 4) is 0 Å². The lowest BCUT2D eigenvalue weighted by Crippen LogP contribution is -2.76. The smallest absolute Gasteiger partial charge is 0.245 e. The fourth-order valence-corrected chi connectivity index (χ4v) is 5.46. The normalized spacial score (nSPS) is 38.3. The highest BCUT2D eigenvalue weighted by Gasteiger charge is 2.53. The van der Waals surface area contributed by atoms with Gasteiger partial charge in [-0.3, -0.25) is 9.59 Å². The van der Waals surface area contributed by atoms with Crippen LogP contribution in [0.15, 0.2) is 12.2 Å². The van der Waals surface area contributed by atoms with E-state index in [0.717, 1.165) is 0 Å². The van der Waals surface area contributed by atoms with Gasteiger partial charge in [-0.2, -0.15) is 0 Å². The molecule has 0 saturated carbocycles. The van der Waals surface area contributed by atoms with E-state index in [0.29, 0.717) is 0 Å². The maximum atomic E-state index is 13.6. The second kappa shape index (κ2) is 13.9. The number of aliphatic hydroxyl groups is 5. The number of hydrogen-bond donors (Lipinski definition) is 9. The van der Waals surface area contributed by atoms with Gasteiger partial charge in [0.1, 0.15) is 11.6 Å². The Morgan fingerprint density at radius 1 is 1.14 bits per heavy atom. The molecule has 2 amide bonds. The Kier molecular flexibility index (Phi) is 11.5. The molecule has 5 unspecified atom stereocenters. The van der Waals surface area contributed by atoms with E-state index in [9.17, 15) is 35.1 Å². The maximum Gasteiger partial charge on any atom is 0.245 e. The van der Waals surface area contributed by atoms with E-state index in [1.807, 2.05) is 19.9 Å². The van der Waals surface area contributed by atoms with Crippen molar-refractivity contribution in [1.82, 2.24) is 10.6 Å². The van der Waals surface area contributed by atoms with E-state index in [-0.39, 0.29) is 44.2 Å². The molecule has 3 aliphatic rings. The molecule has 0 aromatic heterocycles. The molecule has 11 atom stereocenters. The van der Waals surface area contributed by atoms with E-state index in [1.165, 1.54) is 0 Å². The maximum absolute atomic E-state index is 13.6. The molecule has 3 fully saturated rings. The number of nitrogens with one attached hydrogen (secondary N) is 2. The van der Waals surface area contributed by atoms with Crippen LogP contribution in [-0.2, 0) is 23.8 Å². The van der Waals surface area contributed by atoms with Crippen molar-refractivity contribution in [3.63, 3.8) is 0 Å². The SMILES string of the molecule is CC(C)/C=C/[C@@H](C[C@@H]1O[C@](O)(C[C@@H](O)C(C)C)C[C@H](O)[C@H]1C(=O)NC1(C(N)=O)CNC1)OC1OC(C)C(O)C(N)C1O. The number of ether oxygens (including phenoxy) is 3. The van der Waals surface area contributed by atoms with E-state index in [2.05, 4.69) is 10.6 Å². The quantitative estimate of drug-likeness (QED) is 0.106. The Labute approximate surface area is 246 Å². The second-order valence-electron chi connectivity index (χ2n) is 12.8. The van der Waals surface area contributed by atoms with Crippen LogP contribution in [0.1, 0.15) is 53.9 Å². The molecule has 0 aromatic carbocycles. The van der Waals surface area contributed by atoms with Crippen molar-refractivity contribution in [3.05, 3.63) is 12.2 Å². The van der Waals surface area contributed by atoms with Crippen molar-refractivity contribution < 1.29 is 49.3 Å². The van der Waals surface area contributed by atoms with Crippen LogP contribution >= 0.6 is 0 Å². The first kappa shape index (κ1) is 34.8. The molecule has 242 valence electrons. The molecule has 14 heteroatoms. The molecule has 42 heavy (non-hydrogen) atoms. The Morgan fingerprint density at radius 3 is 2.31 bits per heavy atom. The Hall–Kier alpha value is -1.72. The molecule has 3 heterocycles. The Bertz CT molecular complexity index is 963. The average molecular weight is 603 g/mol.